The topological polar surface area (TPSA) is 27.8 Å². The van der Waals surface area contributed by atoms with Crippen LogP contribution < -0.4 is 5.32 Å². The predicted molar refractivity (Wildman–Crippen MR) is 60.8 cm³/mol. The monoisotopic (exact) mass is 208 g/mol. The summed E-state index contributed by atoms with van der Waals surface area (Å²) in [6.07, 6.45) is 0. The van der Waals surface area contributed by atoms with E-state index in [4.69, 9.17) is 11.6 Å². The molecule has 0 bridgehead atoms. The number of fused-ring (bicyclic) bond motifs is 1. The Labute approximate surface area is 88.3 Å². The fraction of sp³-hybridized carbons (Fsp3) is 0.273. The van der Waals surface area contributed by atoms with Crippen LogP contribution >= 0.6 is 11.6 Å². The van der Waals surface area contributed by atoms with Crippen LogP contribution in [0.5, 0.6) is 0 Å². The van der Waals surface area contributed by atoms with Gasteiger partial charge >= 0.3 is 0 Å². The SMILES string of the molecule is CNC(C)c1cc2ccc(Cl)cc2[nH]1. The molecular weight excluding hydrogens is 196 g/mol. The van der Waals surface area contributed by atoms with E-state index in [0.29, 0.717) is 6.04 Å². The molecule has 0 spiro atoms. The van der Waals surface area contributed by atoms with Crippen LogP contribution in [0.4, 0.5) is 0 Å². The lowest BCUT2D eigenvalue weighted by atomic mass is 10.2. The van der Waals surface area contributed by atoms with Crippen LogP contribution in [0.25, 0.3) is 10.9 Å². The molecule has 2 aromatic rings. The molecule has 14 heavy (non-hydrogen) atoms. The molecule has 0 aliphatic rings. The maximum Gasteiger partial charge on any atom is 0.0471 e. The van der Waals surface area contributed by atoms with Gasteiger partial charge in [-0.2, -0.15) is 0 Å². The summed E-state index contributed by atoms with van der Waals surface area (Å²) < 4.78 is 0. The molecular formula is C11H13ClN2. The molecule has 0 saturated carbocycles. The van der Waals surface area contributed by atoms with Crippen molar-refractivity contribution in [1.29, 1.82) is 0 Å². The first kappa shape index (κ1) is 9.56. The molecule has 2 nitrogen and oxygen atoms in total. The van der Waals surface area contributed by atoms with Gasteiger partial charge in [0, 0.05) is 22.3 Å². The summed E-state index contributed by atoms with van der Waals surface area (Å²) in [5, 5.41) is 5.16. The first-order valence-electron chi connectivity index (χ1n) is 4.66. The predicted octanol–water partition coefficient (Wildman–Crippen LogP) is 3.10. The molecule has 74 valence electrons. The first-order chi connectivity index (χ1) is 6.70. The smallest absolute Gasteiger partial charge is 0.0471 e. The van der Waals surface area contributed by atoms with Crippen LogP contribution in [-0.4, -0.2) is 12.0 Å². The molecule has 1 aromatic heterocycles. The van der Waals surface area contributed by atoms with E-state index in [1.807, 2.05) is 25.2 Å². The number of nitrogens with one attached hydrogen (secondary N) is 2. The lowest BCUT2D eigenvalue weighted by Crippen LogP contribution is -2.12. The van der Waals surface area contributed by atoms with Gasteiger partial charge in [0.1, 0.15) is 0 Å². The van der Waals surface area contributed by atoms with E-state index in [1.54, 1.807) is 0 Å². The van der Waals surface area contributed by atoms with Crippen molar-refractivity contribution in [3.05, 3.63) is 35.0 Å². The van der Waals surface area contributed by atoms with Crippen molar-refractivity contribution in [3.63, 3.8) is 0 Å². The molecule has 0 saturated heterocycles. The van der Waals surface area contributed by atoms with Crippen LogP contribution in [0, 0.1) is 0 Å². The number of aromatic nitrogens is 1. The minimum Gasteiger partial charge on any atom is -0.357 e. The number of benzene rings is 1. The number of rotatable bonds is 2. The van der Waals surface area contributed by atoms with Crippen molar-refractivity contribution in [2.75, 3.05) is 7.05 Å². The number of H-pyrrole nitrogens is 1. The Kier molecular flexibility index (Phi) is 2.48. The molecule has 0 aliphatic carbocycles. The zero-order valence-corrected chi connectivity index (χ0v) is 9.02. The zero-order chi connectivity index (χ0) is 10.1. The molecule has 0 radical (unpaired) electrons. The lowest BCUT2D eigenvalue weighted by Gasteiger charge is -2.06. The first-order valence-corrected chi connectivity index (χ1v) is 5.04. The van der Waals surface area contributed by atoms with E-state index < -0.39 is 0 Å². The average Bonchev–Trinajstić information content (AvgIpc) is 2.59. The van der Waals surface area contributed by atoms with E-state index in [1.165, 1.54) is 11.1 Å². The van der Waals surface area contributed by atoms with Gasteiger partial charge < -0.3 is 10.3 Å². The Hall–Kier alpha value is -0.990. The molecule has 1 heterocycles. The third-order valence-electron chi connectivity index (χ3n) is 2.50. The van der Waals surface area contributed by atoms with Crippen molar-refractivity contribution in [2.24, 2.45) is 0 Å². The van der Waals surface area contributed by atoms with Gasteiger partial charge in [0.25, 0.3) is 0 Å². The largest absolute Gasteiger partial charge is 0.357 e. The van der Waals surface area contributed by atoms with E-state index >= 15 is 0 Å². The van der Waals surface area contributed by atoms with E-state index in [2.05, 4.69) is 23.3 Å². The van der Waals surface area contributed by atoms with Gasteiger partial charge in [-0.3, -0.25) is 0 Å². The molecule has 2 rings (SSSR count). The normalized spacial score (nSPS) is 13.4. The Morgan fingerprint density at radius 2 is 2.14 bits per heavy atom. The Balaban J connectivity index is 2.51. The maximum atomic E-state index is 5.91. The van der Waals surface area contributed by atoms with E-state index in [0.717, 1.165) is 10.5 Å². The highest BCUT2D eigenvalue weighted by atomic mass is 35.5. The molecule has 3 heteroatoms. The second-order valence-electron chi connectivity index (χ2n) is 3.47. The molecule has 1 unspecified atom stereocenters. The van der Waals surface area contributed by atoms with Crippen molar-refractivity contribution in [1.82, 2.24) is 10.3 Å². The summed E-state index contributed by atoms with van der Waals surface area (Å²) in [6, 6.07) is 8.36. The molecule has 0 fully saturated rings. The third-order valence-corrected chi connectivity index (χ3v) is 2.74. The second-order valence-corrected chi connectivity index (χ2v) is 3.90. The van der Waals surface area contributed by atoms with Crippen LogP contribution in [0.2, 0.25) is 5.02 Å². The van der Waals surface area contributed by atoms with Gasteiger partial charge in [-0.15, -0.1) is 0 Å². The molecule has 0 aliphatic heterocycles. The van der Waals surface area contributed by atoms with Crippen LogP contribution in [0.15, 0.2) is 24.3 Å². The van der Waals surface area contributed by atoms with E-state index in [9.17, 15) is 0 Å². The highest BCUT2D eigenvalue weighted by Gasteiger charge is 2.06. The van der Waals surface area contributed by atoms with Crippen molar-refractivity contribution >= 4 is 22.5 Å². The summed E-state index contributed by atoms with van der Waals surface area (Å²) in [4.78, 5) is 3.34. The molecule has 1 atom stereocenters. The Morgan fingerprint density at radius 3 is 2.86 bits per heavy atom. The summed E-state index contributed by atoms with van der Waals surface area (Å²) in [7, 11) is 1.95. The number of aromatic amines is 1. The minimum absolute atomic E-state index is 0.334. The summed E-state index contributed by atoms with van der Waals surface area (Å²) in [6.45, 7) is 2.12. The molecule has 1 aromatic carbocycles. The zero-order valence-electron chi connectivity index (χ0n) is 8.26. The second kappa shape index (κ2) is 3.64. The quantitative estimate of drug-likeness (QED) is 0.780. The van der Waals surface area contributed by atoms with Gasteiger partial charge in [0.2, 0.25) is 0 Å². The van der Waals surface area contributed by atoms with Crippen LogP contribution in [0.3, 0.4) is 0 Å². The van der Waals surface area contributed by atoms with Crippen molar-refractivity contribution in [2.45, 2.75) is 13.0 Å². The molecule has 0 amide bonds. The van der Waals surface area contributed by atoms with Crippen molar-refractivity contribution in [3.8, 4) is 0 Å². The van der Waals surface area contributed by atoms with Gasteiger partial charge in [-0.25, -0.2) is 0 Å². The van der Waals surface area contributed by atoms with Gasteiger partial charge in [-0.1, -0.05) is 17.7 Å². The Morgan fingerprint density at radius 1 is 1.36 bits per heavy atom. The fourth-order valence-electron chi connectivity index (χ4n) is 1.51. The van der Waals surface area contributed by atoms with Crippen LogP contribution in [-0.2, 0) is 0 Å². The van der Waals surface area contributed by atoms with Crippen molar-refractivity contribution < 1.29 is 0 Å². The third kappa shape index (κ3) is 1.63. The summed E-state index contributed by atoms with van der Waals surface area (Å²) in [5.41, 5.74) is 2.28. The molecule has 2 N–H and O–H groups in total. The maximum absolute atomic E-state index is 5.91. The number of hydrogen-bond acceptors (Lipinski definition) is 1. The number of halogens is 1. The van der Waals surface area contributed by atoms with Gasteiger partial charge in [0.05, 0.1) is 0 Å². The highest BCUT2D eigenvalue weighted by Crippen LogP contribution is 2.22. The number of hydrogen-bond donors (Lipinski definition) is 2. The Bertz CT molecular complexity index is 447. The minimum atomic E-state index is 0.334. The summed E-state index contributed by atoms with van der Waals surface area (Å²) >= 11 is 5.91. The lowest BCUT2D eigenvalue weighted by molar-refractivity contribution is 0.638. The van der Waals surface area contributed by atoms with Gasteiger partial charge in [-0.05, 0) is 37.6 Å². The summed E-state index contributed by atoms with van der Waals surface area (Å²) in [5.74, 6) is 0. The average molecular weight is 209 g/mol. The van der Waals surface area contributed by atoms with Crippen LogP contribution in [0.1, 0.15) is 18.7 Å². The fourth-order valence-corrected chi connectivity index (χ4v) is 1.68. The van der Waals surface area contributed by atoms with Gasteiger partial charge in [0.15, 0.2) is 0 Å². The standard InChI is InChI=1S/C11H13ClN2/c1-7(13-2)10-5-8-3-4-9(12)6-11(8)14-10/h3-7,13-14H,1-2H3. The highest BCUT2D eigenvalue weighted by molar-refractivity contribution is 6.31. The van der Waals surface area contributed by atoms with E-state index in [-0.39, 0.29) is 0 Å².